The number of carbonyl (C=O) groups is 1. The van der Waals surface area contributed by atoms with Crippen LogP contribution in [0.15, 0.2) is 59.0 Å². The van der Waals surface area contributed by atoms with Crippen LogP contribution in [-0.2, 0) is 0 Å². The molecule has 7 nitrogen and oxygen atoms in total. The number of amides is 1. The lowest BCUT2D eigenvalue weighted by Crippen LogP contribution is -2.33. The van der Waals surface area contributed by atoms with Crippen LogP contribution in [0, 0.1) is 0 Å². The van der Waals surface area contributed by atoms with Crippen molar-refractivity contribution in [2.75, 3.05) is 0 Å². The Hall–Kier alpha value is -3.61. The van der Waals surface area contributed by atoms with Crippen LogP contribution in [0.5, 0.6) is 11.8 Å². The van der Waals surface area contributed by atoms with E-state index in [1.807, 2.05) is 56.3 Å². The van der Waals surface area contributed by atoms with Gasteiger partial charge in [0.1, 0.15) is 5.75 Å². The fourth-order valence-corrected chi connectivity index (χ4v) is 4.23. The van der Waals surface area contributed by atoms with Crippen LogP contribution in [0.3, 0.4) is 0 Å². The number of carbonyl (C=O) groups excluding carboxylic acids is 1. The minimum atomic E-state index is -0.202. The van der Waals surface area contributed by atoms with Gasteiger partial charge in [0, 0.05) is 6.04 Å². The molecule has 32 heavy (non-hydrogen) atoms. The van der Waals surface area contributed by atoms with Gasteiger partial charge in [-0.25, -0.2) is 0 Å². The minimum Gasteiger partial charge on any atom is -0.423 e. The number of ether oxygens (including phenoxy) is 1. The summed E-state index contributed by atoms with van der Waals surface area (Å²) in [6.07, 6.45) is 4.33. The fourth-order valence-electron chi connectivity index (χ4n) is 4.23. The molecule has 0 unspecified atom stereocenters. The van der Waals surface area contributed by atoms with Gasteiger partial charge in [0.05, 0.1) is 5.69 Å². The molecule has 2 heterocycles. The van der Waals surface area contributed by atoms with Gasteiger partial charge >= 0.3 is 11.9 Å². The molecular weight excluding hydrogens is 404 g/mol. The average Bonchev–Trinajstić information content (AvgIpc) is 3.51. The second-order valence-electron chi connectivity index (χ2n) is 8.51. The Morgan fingerprint density at radius 1 is 1.06 bits per heavy atom. The van der Waals surface area contributed by atoms with E-state index in [0.29, 0.717) is 11.4 Å². The Balaban J connectivity index is 1.37. The van der Waals surface area contributed by atoms with Gasteiger partial charge in [-0.2, -0.15) is 4.52 Å². The maximum absolute atomic E-state index is 12.8. The van der Waals surface area contributed by atoms with Gasteiger partial charge in [-0.05, 0) is 42.0 Å². The number of nitrogens with one attached hydrogen (secondary N) is 1. The predicted octanol–water partition coefficient (Wildman–Crippen LogP) is 5.58. The maximum atomic E-state index is 12.8. The highest BCUT2D eigenvalue weighted by atomic mass is 16.5. The molecule has 0 bridgehead atoms. The average molecular weight is 431 g/mol. The van der Waals surface area contributed by atoms with Crippen molar-refractivity contribution in [2.45, 2.75) is 51.5 Å². The Kier molecular flexibility index (Phi) is 5.39. The number of aromatic nitrogens is 3. The first-order valence-electron chi connectivity index (χ1n) is 11.1. The van der Waals surface area contributed by atoms with Crippen LogP contribution in [0.4, 0.5) is 0 Å². The number of fused-ring (bicyclic) bond motifs is 1. The van der Waals surface area contributed by atoms with E-state index in [0.717, 1.165) is 36.8 Å². The third-order valence-corrected chi connectivity index (χ3v) is 5.83. The van der Waals surface area contributed by atoms with E-state index in [4.69, 9.17) is 9.15 Å². The molecule has 5 rings (SSSR count). The van der Waals surface area contributed by atoms with Crippen LogP contribution in [0.2, 0.25) is 0 Å². The number of hydrogen-bond donors (Lipinski definition) is 1. The first-order chi connectivity index (χ1) is 15.6. The highest BCUT2D eigenvalue weighted by molar-refractivity contribution is 5.93. The van der Waals surface area contributed by atoms with Crippen molar-refractivity contribution in [2.24, 2.45) is 0 Å². The van der Waals surface area contributed by atoms with Crippen molar-refractivity contribution in [3.05, 3.63) is 66.1 Å². The lowest BCUT2D eigenvalue weighted by molar-refractivity contribution is 0.0909. The van der Waals surface area contributed by atoms with E-state index < -0.39 is 0 Å². The van der Waals surface area contributed by atoms with Crippen LogP contribution in [0.25, 0.3) is 17.0 Å². The lowest BCUT2D eigenvalue weighted by atomic mass is 10.1. The normalized spacial score (nSPS) is 14.3. The van der Waals surface area contributed by atoms with Gasteiger partial charge in [-0.3, -0.25) is 4.79 Å². The van der Waals surface area contributed by atoms with E-state index in [1.165, 1.54) is 0 Å². The highest BCUT2D eigenvalue weighted by Crippen LogP contribution is 2.28. The molecule has 4 aromatic rings. The van der Waals surface area contributed by atoms with Gasteiger partial charge in [-0.15, -0.1) is 10.1 Å². The Bertz CT molecular complexity index is 1220. The first kappa shape index (κ1) is 20.3. The smallest absolute Gasteiger partial charge is 0.344 e. The second kappa shape index (κ2) is 8.49. The predicted molar refractivity (Wildman–Crippen MR) is 121 cm³/mol. The lowest BCUT2D eigenvalue weighted by Gasteiger charge is -2.11. The number of rotatable bonds is 6. The number of benzene rings is 2. The van der Waals surface area contributed by atoms with Gasteiger partial charge < -0.3 is 14.5 Å². The first-order valence-corrected chi connectivity index (χ1v) is 11.1. The second-order valence-corrected chi connectivity index (χ2v) is 8.51. The summed E-state index contributed by atoms with van der Waals surface area (Å²) in [6.45, 7) is 4.00. The summed E-state index contributed by atoms with van der Waals surface area (Å²) in [5.41, 5.74) is 2.93. The number of hydrogen-bond acceptors (Lipinski definition) is 5. The van der Waals surface area contributed by atoms with Gasteiger partial charge in [0.2, 0.25) is 5.76 Å². The van der Waals surface area contributed by atoms with Crippen molar-refractivity contribution < 1.29 is 13.9 Å². The van der Waals surface area contributed by atoms with Crippen molar-refractivity contribution in [3.63, 3.8) is 0 Å². The van der Waals surface area contributed by atoms with Crippen molar-refractivity contribution >= 4 is 11.8 Å². The third-order valence-electron chi connectivity index (χ3n) is 5.83. The van der Waals surface area contributed by atoms with Gasteiger partial charge in [0.25, 0.3) is 5.91 Å². The summed E-state index contributed by atoms with van der Waals surface area (Å²) in [7, 11) is 0. The molecule has 0 aliphatic heterocycles. The zero-order valence-electron chi connectivity index (χ0n) is 18.2. The molecule has 1 amide bonds. The highest BCUT2D eigenvalue weighted by Gasteiger charge is 2.28. The van der Waals surface area contributed by atoms with Crippen LogP contribution in [-0.4, -0.2) is 26.5 Å². The fraction of sp³-hybridized carbons (Fsp3) is 0.320. The van der Waals surface area contributed by atoms with E-state index in [1.54, 1.807) is 4.52 Å². The molecule has 0 spiro atoms. The molecule has 7 heteroatoms. The molecule has 0 atom stereocenters. The molecule has 1 aliphatic carbocycles. The van der Waals surface area contributed by atoms with E-state index in [2.05, 4.69) is 27.5 Å². The molecular formula is C25H26N4O3. The Labute approximate surface area is 186 Å². The molecule has 1 aliphatic rings. The zero-order valence-corrected chi connectivity index (χ0v) is 18.2. The molecule has 1 N–H and O–H groups in total. The monoisotopic (exact) mass is 430 g/mol. The summed E-state index contributed by atoms with van der Waals surface area (Å²) >= 11 is 0. The van der Waals surface area contributed by atoms with Crippen LogP contribution in [0.1, 0.15) is 61.7 Å². The summed E-state index contributed by atoms with van der Waals surface area (Å²) < 4.78 is 13.2. The molecule has 1 fully saturated rings. The standard InChI is InChI=1S/C25H26N4O3/c1-16(2)21-22(23(30)26-19-10-6-7-11-19)32-25-27-24(28-29(21)25)31-20-14-12-18(13-15-20)17-8-4-3-5-9-17/h3-5,8-9,12-16,19H,6-7,10-11H2,1-2H3,(H,26,30). The van der Waals surface area contributed by atoms with Crippen LogP contribution >= 0.6 is 0 Å². The molecule has 164 valence electrons. The maximum Gasteiger partial charge on any atom is 0.344 e. The summed E-state index contributed by atoms with van der Waals surface area (Å²) in [4.78, 5) is 17.2. The van der Waals surface area contributed by atoms with Crippen molar-refractivity contribution in [3.8, 4) is 22.9 Å². The van der Waals surface area contributed by atoms with Gasteiger partial charge in [0.15, 0.2) is 0 Å². The van der Waals surface area contributed by atoms with E-state index >= 15 is 0 Å². The SMILES string of the molecule is CC(C)c1c(C(=O)NC2CCCC2)oc2nc(Oc3ccc(-c4ccccc4)cc3)nn12. The van der Waals surface area contributed by atoms with Crippen molar-refractivity contribution in [1.82, 2.24) is 19.9 Å². The van der Waals surface area contributed by atoms with Crippen molar-refractivity contribution in [1.29, 1.82) is 0 Å². The Morgan fingerprint density at radius 2 is 1.75 bits per heavy atom. The molecule has 0 saturated heterocycles. The molecule has 2 aromatic heterocycles. The summed E-state index contributed by atoms with van der Waals surface area (Å²) in [5.74, 6) is 0.984. The summed E-state index contributed by atoms with van der Waals surface area (Å²) in [5, 5.41) is 7.54. The van der Waals surface area contributed by atoms with E-state index in [-0.39, 0.29) is 35.5 Å². The van der Waals surface area contributed by atoms with Gasteiger partial charge in [-0.1, -0.05) is 69.2 Å². The quantitative estimate of drug-likeness (QED) is 0.432. The topological polar surface area (TPSA) is 81.7 Å². The Morgan fingerprint density at radius 3 is 2.44 bits per heavy atom. The number of nitrogens with zero attached hydrogens (tertiary/aromatic N) is 3. The number of oxazole rings is 1. The van der Waals surface area contributed by atoms with E-state index in [9.17, 15) is 4.79 Å². The zero-order chi connectivity index (χ0) is 22.1. The molecule has 2 aromatic carbocycles. The minimum absolute atomic E-state index is 0.0280. The largest absolute Gasteiger partial charge is 0.423 e. The summed E-state index contributed by atoms with van der Waals surface area (Å²) in [6, 6.07) is 18.3. The molecule has 1 saturated carbocycles. The third kappa shape index (κ3) is 3.98. The van der Waals surface area contributed by atoms with Crippen LogP contribution < -0.4 is 10.1 Å². The molecule has 0 radical (unpaired) electrons.